The van der Waals surface area contributed by atoms with Crippen molar-refractivity contribution < 1.29 is 17.2 Å². The first kappa shape index (κ1) is 15.4. The van der Waals surface area contributed by atoms with Crippen molar-refractivity contribution in [3.8, 4) is 0 Å². The molecular weight excluding hydrogens is 302 g/mol. The number of benzene rings is 1. The number of sulfonamides is 1. The van der Waals surface area contributed by atoms with Gasteiger partial charge in [-0.2, -0.15) is 5.10 Å². The van der Waals surface area contributed by atoms with Gasteiger partial charge in [0.2, 0.25) is 0 Å². The summed E-state index contributed by atoms with van der Waals surface area (Å²) in [4.78, 5) is -0.0403. The van der Waals surface area contributed by atoms with Gasteiger partial charge in [-0.05, 0) is 26.1 Å². The van der Waals surface area contributed by atoms with E-state index in [4.69, 9.17) is 0 Å². The molecule has 1 aromatic carbocycles. The Morgan fingerprint density at radius 2 is 1.86 bits per heavy atom. The van der Waals surface area contributed by atoms with Gasteiger partial charge in [-0.3, -0.25) is 9.82 Å². The highest BCUT2D eigenvalue weighted by Crippen LogP contribution is 2.22. The van der Waals surface area contributed by atoms with E-state index in [0.29, 0.717) is 17.5 Å². The number of hydrogen-bond acceptors (Lipinski definition) is 4. The molecule has 3 N–H and O–H groups in total. The first-order chi connectivity index (χ1) is 9.83. The quantitative estimate of drug-likeness (QED) is 0.780. The number of nitrogens with zero attached hydrogens (tertiary/aromatic N) is 1. The SMILES string of the molecule is CNCc1n[nH]c(C)c1S(=O)(=O)Nc1cc(F)cc(F)c1. The normalized spacial score (nSPS) is 11.6. The molecule has 21 heavy (non-hydrogen) atoms. The monoisotopic (exact) mass is 316 g/mol. The van der Waals surface area contributed by atoms with E-state index >= 15 is 0 Å². The van der Waals surface area contributed by atoms with Crippen LogP contribution in [0.1, 0.15) is 11.4 Å². The average Bonchev–Trinajstić information content (AvgIpc) is 2.69. The summed E-state index contributed by atoms with van der Waals surface area (Å²) in [7, 11) is -2.36. The minimum absolute atomic E-state index is 0.0403. The van der Waals surface area contributed by atoms with Crippen LogP contribution in [-0.2, 0) is 16.6 Å². The highest BCUT2D eigenvalue weighted by molar-refractivity contribution is 7.92. The van der Waals surface area contributed by atoms with E-state index in [1.807, 2.05) is 0 Å². The topological polar surface area (TPSA) is 86.9 Å². The fourth-order valence-corrected chi connectivity index (χ4v) is 3.34. The summed E-state index contributed by atoms with van der Waals surface area (Å²) < 4.78 is 53.1. The lowest BCUT2D eigenvalue weighted by molar-refractivity contribution is 0.584. The molecule has 0 fully saturated rings. The van der Waals surface area contributed by atoms with Crippen molar-refractivity contribution in [3.05, 3.63) is 41.2 Å². The van der Waals surface area contributed by atoms with Gasteiger partial charge in [0.25, 0.3) is 10.0 Å². The Balaban J connectivity index is 2.41. The van der Waals surface area contributed by atoms with Gasteiger partial charge < -0.3 is 5.32 Å². The average molecular weight is 316 g/mol. The third-order valence-electron chi connectivity index (χ3n) is 2.69. The summed E-state index contributed by atoms with van der Waals surface area (Å²) in [6.45, 7) is 1.78. The van der Waals surface area contributed by atoms with Crippen molar-refractivity contribution in [1.82, 2.24) is 15.5 Å². The molecule has 0 saturated heterocycles. The molecule has 2 aromatic rings. The van der Waals surface area contributed by atoms with Crippen LogP contribution < -0.4 is 10.0 Å². The minimum atomic E-state index is -4.00. The molecule has 0 unspecified atom stereocenters. The summed E-state index contributed by atoms with van der Waals surface area (Å²) >= 11 is 0. The molecule has 1 aromatic heterocycles. The second-order valence-corrected chi connectivity index (χ2v) is 6.04. The highest BCUT2D eigenvalue weighted by Gasteiger charge is 2.24. The van der Waals surface area contributed by atoms with Crippen LogP contribution in [-0.4, -0.2) is 25.7 Å². The van der Waals surface area contributed by atoms with Crippen LogP contribution >= 0.6 is 0 Å². The summed E-state index contributed by atoms with van der Waals surface area (Å²) in [5, 5.41) is 9.27. The smallest absolute Gasteiger partial charge is 0.265 e. The number of aromatic amines is 1. The Bertz CT molecular complexity index is 738. The van der Waals surface area contributed by atoms with E-state index in [0.717, 1.165) is 12.1 Å². The van der Waals surface area contributed by atoms with Gasteiger partial charge in [0.1, 0.15) is 16.5 Å². The molecule has 2 rings (SSSR count). The number of anilines is 1. The zero-order valence-electron chi connectivity index (χ0n) is 11.4. The largest absolute Gasteiger partial charge is 0.314 e. The number of aryl methyl sites for hydroxylation is 1. The number of H-pyrrole nitrogens is 1. The Labute approximate surface area is 120 Å². The molecule has 0 aliphatic heterocycles. The maximum absolute atomic E-state index is 13.1. The second kappa shape index (κ2) is 5.78. The second-order valence-electron chi connectivity index (χ2n) is 4.42. The first-order valence-corrected chi connectivity index (χ1v) is 7.49. The molecule has 0 amide bonds. The van der Waals surface area contributed by atoms with Gasteiger partial charge in [-0.15, -0.1) is 0 Å². The van der Waals surface area contributed by atoms with E-state index in [-0.39, 0.29) is 17.1 Å². The molecule has 1 heterocycles. The Kier molecular flexibility index (Phi) is 4.24. The molecule has 9 heteroatoms. The van der Waals surface area contributed by atoms with Crippen molar-refractivity contribution in [2.24, 2.45) is 0 Å². The van der Waals surface area contributed by atoms with Gasteiger partial charge in [0.05, 0.1) is 17.1 Å². The molecule has 0 aliphatic rings. The molecule has 0 radical (unpaired) electrons. The van der Waals surface area contributed by atoms with Crippen molar-refractivity contribution in [2.75, 3.05) is 11.8 Å². The van der Waals surface area contributed by atoms with Crippen LogP contribution in [0.15, 0.2) is 23.1 Å². The van der Waals surface area contributed by atoms with Crippen molar-refractivity contribution in [3.63, 3.8) is 0 Å². The maximum atomic E-state index is 13.1. The molecule has 6 nitrogen and oxygen atoms in total. The maximum Gasteiger partial charge on any atom is 0.265 e. The summed E-state index contributed by atoms with van der Waals surface area (Å²) in [5.41, 5.74) is 0.438. The number of nitrogens with one attached hydrogen (secondary N) is 3. The third-order valence-corrected chi connectivity index (χ3v) is 4.27. The first-order valence-electron chi connectivity index (χ1n) is 6.01. The molecule has 0 spiro atoms. The molecular formula is C12H14F2N4O2S. The number of halogens is 2. The zero-order valence-corrected chi connectivity index (χ0v) is 12.2. The van der Waals surface area contributed by atoms with Crippen molar-refractivity contribution >= 4 is 15.7 Å². The van der Waals surface area contributed by atoms with E-state index in [9.17, 15) is 17.2 Å². The van der Waals surface area contributed by atoms with E-state index in [2.05, 4.69) is 20.2 Å². The van der Waals surface area contributed by atoms with Gasteiger partial charge in [-0.1, -0.05) is 0 Å². The summed E-state index contributed by atoms with van der Waals surface area (Å²) in [6, 6.07) is 2.45. The van der Waals surface area contributed by atoms with E-state index in [1.54, 1.807) is 14.0 Å². The third kappa shape index (κ3) is 3.37. The van der Waals surface area contributed by atoms with Gasteiger partial charge >= 0.3 is 0 Å². The predicted molar refractivity (Wildman–Crippen MR) is 73.3 cm³/mol. The summed E-state index contributed by atoms with van der Waals surface area (Å²) in [6.07, 6.45) is 0. The van der Waals surface area contributed by atoms with Crippen LogP contribution in [0.2, 0.25) is 0 Å². The molecule has 114 valence electrons. The lowest BCUT2D eigenvalue weighted by Gasteiger charge is -2.09. The minimum Gasteiger partial charge on any atom is -0.314 e. The molecule has 0 saturated carbocycles. The van der Waals surface area contributed by atoms with E-state index in [1.165, 1.54) is 0 Å². The molecule has 0 aliphatic carbocycles. The zero-order chi connectivity index (χ0) is 15.6. The van der Waals surface area contributed by atoms with Crippen molar-refractivity contribution in [2.45, 2.75) is 18.4 Å². The Morgan fingerprint density at radius 3 is 2.43 bits per heavy atom. The highest BCUT2D eigenvalue weighted by atomic mass is 32.2. The lowest BCUT2D eigenvalue weighted by atomic mass is 10.3. The van der Waals surface area contributed by atoms with Gasteiger partial charge in [0, 0.05) is 12.6 Å². The molecule has 0 atom stereocenters. The number of aromatic nitrogens is 2. The van der Waals surface area contributed by atoms with Crippen LogP contribution in [0, 0.1) is 18.6 Å². The standard InChI is InChI=1S/C12H14F2N4O2S/c1-7-12(11(6-15-2)17-16-7)21(19,20)18-10-4-8(13)3-9(14)5-10/h3-5,15,18H,6H2,1-2H3,(H,16,17). The van der Waals surface area contributed by atoms with Gasteiger partial charge in [0.15, 0.2) is 0 Å². The van der Waals surface area contributed by atoms with Crippen LogP contribution in [0.5, 0.6) is 0 Å². The fourth-order valence-electron chi connectivity index (χ4n) is 1.93. The molecule has 0 bridgehead atoms. The lowest BCUT2D eigenvalue weighted by Crippen LogP contribution is -2.17. The summed E-state index contributed by atoms with van der Waals surface area (Å²) in [5.74, 6) is -1.74. The number of hydrogen-bond donors (Lipinski definition) is 3. The van der Waals surface area contributed by atoms with Crippen LogP contribution in [0.3, 0.4) is 0 Å². The van der Waals surface area contributed by atoms with Crippen LogP contribution in [0.25, 0.3) is 0 Å². The Morgan fingerprint density at radius 1 is 1.24 bits per heavy atom. The van der Waals surface area contributed by atoms with Crippen molar-refractivity contribution in [1.29, 1.82) is 0 Å². The van der Waals surface area contributed by atoms with Gasteiger partial charge in [-0.25, -0.2) is 17.2 Å². The predicted octanol–water partition coefficient (Wildman–Crippen LogP) is 1.52. The van der Waals surface area contributed by atoms with E-state index < -0.39 is 21.7 Å². The number of rotatable bonds is 5. The van der Waals surface area contributed by atoms with Crippen LogP contribution in [0.4, 0.5) is 14.5 Å². The fraction of sp³-hybridized carbons (Fsp3) is 0.250. The Hall–Kier alpha value is -2.00.